The molecule has 9 N–H and O–H groups in total. The number of amides is 1. The Bertz CT molecular complexity index is 1790. The Kier molecular flexibility index (Phi) is 55.8. The summed E-state index contributed by atoms with van der Waals surface area (Å²) >= 11 is 0. The molecule has 0 aliphatic carbocycles. The molecule has 2 aliphatic heterocycles. The van der Waals surface area contributed by atoms with Crippen LogP contribution < -0.4 is 5.32 Å². The Hall–Kier alpha value is -2.57. The van der Waals surface area contributed by atoms with Crippen LogP contribution >= 0.6 is 0 Å². The second-order valence-corrected chi connectivity index (χ2v) is 26.0. The van der Waals surface area contributed by atoms with E-state index < -0.39 is 86.8 Å². The van der Waals surface area contributed by atoms with Crippen molar-refractivity contribution in [3.63, 3.8) is 0 Å². The van der Waals surface area contributed by atoms with Crippen LogP contribution in [-0.2, 0) is 23.7 Å². The second kappa shape index (κ2) is 60.1. The molecule has 2 saturated heterocycles. The minimum absolute atomic E-state index is 0.249. The molecule has 12 unspecified atom stereocenters. The lowest BCUT2D eigenvalue weighted by Crippen LogP contribution is -2.65. The van der Waals surface area contributed by atoms with Gasteiger partial charge < -0.3 is 65.1 Å². The van der Waals surface area contributed by atoms with E-state index in [0.717, 1.165) is 89.9 Å². The number of carbonyl (C=O) groups excluding carboxylic acids is 1. The first kappa shape index (κ1) is 83.5. The fourth-order valence-electron chi connectivity index (χ4n) is 12.0. The largest absolute Gasteiger partial charge is 0.394 e. The lowest BCUT2D eigenvalue weighted by molar-refractivity contribution is -0.359. The van der Waals surface area contributed by atoms with Crippen molar-refractivity contribution in [2.75, 3.05) is 19.8 Å². The van der Waals surface area contributed by atoms with Gasteiger partial charge in [0.15, 0.2) is 12.6 Å². The molecule has 524 valence electrons. The lowest BCUT2D eigenvalue weighted by Gasteiger charge is -2.46. The third kappa shape index (κ3) is 43.4. The van der Waals surface area contributed by atoms with E-state index in [1.54, 1.807) is 6.08 Å². The Morgan fingerprint density at radius 2 is 0.767 bits per heavy atom. The molecule has 0 bridgehead atoms. The quantitative estimate of drug-likeness (QED) is 0.0204. The van der Waals surface area contributed by atoms with E-state index in [2.05, 4.69) is 79.9 Å². The Balaban J connectivity index is 1.65. The molecule has 14 heteroatoms. The molecule has 0 saturated carbocycles. The molecule has 90 heavy (non-hydrogen) atoms. The summed E-state index contributed by atoms with van der Waals surface area (Å²) in [4.78, 5) is 13.3. The number of rotatable bonds is 61. The predicted molar refractivity (Wildman–Crippen MR) is 369 cm³/mol. The van der Waals surface area contributed by atoms with E-state index in [4.69, 9.17) is 18.9 Å². The highest BCUT2D eigenvalue weighted by Gasteiger charge is 2.51. The highest BCUT2D eigenvalue weighted by molar-refractivity contribution is 5.76. The predicted octanol–water partition coefficient (Wildman–Crippen LogP) is 15.8. The normalized spacial score (nSPS) is 23.3. The Morgan fingerprint density at radius 3 is 1.18 bits per heavy atom. The van der Waals surface area contributed by atoms with Gasteiger partial charge >= 0.3 is 0 Å². The van der Waals surface area contributed by atoms with E-state index in [-0.39, 0.29) is 18.9 Å². The number of allylic oxidation sites excluding steroid dienone is 11. The van der Waals surface area contributed by atoms with Crippen molar-refractivity contribution in [1.82, 2.24) is 5.32 Å². The smallest absolute Gasteiger partial charge is 0.220 e. The number of carbonyl (C=O) groups is 1. The molecule has 0 aromatic carbocycles. The van der Waals surface area contributed by atoms with Gasteiger partial charge in [0.05, 0.1) is 32.0 Å². The maximum Gasteiger partial charge on any atom is 0.220 e. The number of aliphatic hydroxyl groups excluding tert-OH is 8. The van der Waals surface area contributed by atoms with Gasteiger partial charge in [-0.05, 0) is 64.2 Å². The minimum Gasteiger partial charge on any atom is -0.394 e. The average Bonchev–Trinajstić information content (AvgIpc) is 1.28. The highest BCUT2D eigenvalue weighted by Crippen LogP contribution is 2.30. The average molecular weight is 1270 g/mol. The van der Waals surface area contributed by atoms with Gasteiger partial charge in [0.1, 0.15) is 48.8 Å². The first-order chi connectivity index (χ1) is 44.1. The summed E-state index contributed by atoms with van der Waals surface area (Å²) in [6.45, 7) is 2.71. The van der Waals surface area contributed by atoms with Gasteiger partial charge in [0.2, 0.25) is 5.91 Å². The van der Waals surface area contributed by atoms with Crippen LogP contribution in [0.4, 0.5) is 0 Å². The van der Waals surface area contributed by atoms with E-state index in [1.165, 1.54) is 193 Å². The number of unbranched alkanes of at least 4 members (excludes halogenated alkanes) is 38. The molecule has 1 amide bonds. The summed E-state index contributed by atoms with van der Waals surface area (Å²) in [7, 11) is 0. The summed E-state index contributed by atoms with van der Waals surface area (Å²) in [5, 5.41) is 87.5. The van der Waals surface area contributed by atoms with Crippen molar-refractivity contribution in [1.29, 1.82) is 0 Å². The molecule has 2 aliphatic rings. The second-order valence-electron chi connectivity index (χ2n) is 26.0. The summed E-state index contributed by atoms with van der Waals surface area (Å²) in [6.07, 6.45) is 65.4. The molecule has 2 fully saturated rings. The van der Waals surface area contributed by atoms with Crippen molar-refractivity contribution >= 4 is 5.91 Å². The van der Waals surface area contributed by atoms with Crippen molar-refractivity contribution < 1.29 is 64.6 Å². The van der Waals surface area contributed by atoms with Gasteiger partial charge in [0, 0.05) is 6.42 Å². The zero-order valence-electron chi connectivity index (χ0n) is 57.1. The van der Waals surface area contributed by atoms with Crippen molar-refractivity contribution in [3.8, 4) is 0 Å². The number of nitrogens with one attached hydrogen (secondary N) is 1. The molecule has 2 rings (SSSR count). The molecular formula is C76H137NO13. The van der Waals surface area contributed by atoms with Gasteiger partial charge in [-0.15, -0.1) is 0 Å². The van der Waals surface area contributed by atoms with E-state index >= 15 is 0 Å². The summed E-state index contributed by atoms with van der Waals surface area (Å²) in [6, 6.07) is -0.927. The van der Waals surface area contributed by atoms with E-state index in [1.807, 2.05) is 6.08 Å². The third-order valence-corrected chi connectivity index (χ3v) is 17.9. The summed E-state index contributed by atoms with van der Waals surface area (Å²) < 4.78 is 22.9. The lowest BCUT2D eigenvalue weighted by atomic mass is 9.97. The number of hydrogen-bond donors (Lipinski definition) is 9. The topological polar surface area (TPSA) is 228 Å². The van der Waals surface area contributed by atoms with Crippen LogP contribution in [0, 0.1) is 0 Å². The van der Waals surface area contributed by atoms with Crippen LogP contribution in [0.2, 0.25) is 0 Å². The third-order valence-electron chi connectivity index (χ3n) is 17.9. The van der Waals surface area contributed by atoms with Gasteiger partial charge in [-0.25, -0.2) is 0 Å². The summed E-state index contributed by atoms with van der Waals surface area (Å²) in [5.41, 5.74) is 0. The number of hydrogen-bond acceptors (Lipinski definition) is 13. The SMILES string of the molecule is CC/C=C\C/C=C\C/C=C\C/C=C\C/C=C\CCCCCCCCCC(=O)NC(COC1OC(CO)C(OC2OC(CO)C(O)C(O)C2O)C(O)C1O)C(O)/C=C/CCCCCCCCCCCCCCCCCCCCCCCCCCCCCCCCC. The van der Waals surface area contributed by atoms with Gasteiger partial charge in [-0.3, -0.25) is 4.79 Å². The van der Waals surface area contributed by atoms with Crippen LogP contribution in [0.15, 0.2) is 72.9 Å². The molecule has 14 nitrogen and oxygen atoms in total. The standard InChI is InChI=1S/C76H137NO13/c1-3-5-7-9-11-13-15-17-19-21-23-25-27-28-29-30-31-32-33-34-35-36-38-39-41-43-45-47-49-51-53-55-57-59-65(80)64(63-87-75-73(86)71(84)74(67(62-79)89-75)90-76-72(85)70(83)69(82)66(61-78)88-76)77-68(81)60-58-56-54-52-50-48-46-44-42-40-37-26-24-22-20-18-16-14-12-10-8-6-4-2/h6,8,12,14,18,20,24,26,40,42,57,59,64-67,69-76,78-80,82-86H,3-5,7,9-11,13,15-17,19,21-23,25,27-39,41,43-56,58,60-63H2,1-2H3,(H,77,81)/b8-6-,14-12-,20-18-,26-24-,42-40-,59-57+. The zero-order chi connectivity index (χ0) is 65.2. The zero-order valence-corrected chi connectivity index (χ0v) is 57.1. The monoisotopic (exact) mass is 1270 g/mol. The first-order valence-electron chi connectivity index (χ1n) is 37.2. The molecule has 0 aromatic rings. The molecular weight excluding hydrogens is 1130 g/mol. The maximum absolute atomic E-state index is 13.3. The Morgan fingerprint density at radius 1 is 0.411 bits per heavy atom. The molecule has 2 heterocycles. The van der Waals surface area contributed by atoms with Crippen LogP contribution in [0.5, 0.6) is 0 Å². The van der Waals surface area contributed by atoms with Crippen LogP contribution in [0.25, 0.3) is 0 Å². The fourth-order valence-corrected chi connectivity index (χ4v) is 12.0. The molecule has 0 radical (unpaired) electrons. The van der Waals surface area contributed by atoms with Crippen LogP contribution in [-0.4, -0.2) is 140 Å². The van der Waals surface area contributed by atoms with E-state index in [0.29, 0.717) is 6.42 Å². The van der Waals surface area contributed by atoms with Crippen LogP contribution in [0.1, 0.15) is 309 Å². The first-order valence-corrected chi connectivity index (χ1v) is 37.2. The summed E-state index contributed by atoms with van der Waals surface area (Å²) in [5.74, 6) is -0.249. The van der Waals surface area contributed by atoms with Gasteiger partial charge in [-0.2, -0.15) is 0 Å². The number of aliphatic hydroxyl groups is 8. The highest BCUT2D eigenvalue weighted by atomic mass is 16.7. The van der Waals surface area contributed by atoms with Gasteiger partial charge in [-0.1, -0.05) is 311 Å². The number of ether oxygens (including phenoxy) is 4. The van der Waals surface area contributed by atoms with Crippen molar-refractivity contribution in [2.45, 2.75) is 383 Å². The van der Waals surface area contributed by atoms with E-state index in [9.17, 15) is 45.6 Å². The van der Waals surface area contributed by atoms with Crippen LogP contribution in [0.3, 0.4) is 0 Å². The van der Waals surface area contributed by atoms with Crippen molar-refractivity contribution in [2.24, 2.45) is 0 Å². The molecule has 0 spiro atoms. The van der Waals surface area contributed by atoms with Crippen molar-refractivity contribution in [3.05, 3.63) is 72.9 Å². The van der Waals surface area contributed by atoms with Gasteiger partial charge in [0.25, 0.3) is 0 Å². The molecule has 0 aromatic heterocycles. The minimum atomic E-state index is -1.79. The Labute approximate surface area is 548 Å². The molecule has 12 atom stereocenters. The maximum atomic E-state index is 13.3. The fraction of sp³-hybridized carbons (Fsp3) is 0.829.